The highest BCUT2D eigenvalue weighted by Gasteiger charge is 2.51. The summed E-state index contributed by atoms with van der Waals surface area (Å²) >= 11 is 4.38. The van der Waals surface area contributed by atoms with Gasteiger partial charge >= 0.3 is 13.3 Å². The van der Waals surface area contributed by atoms with Crippen molar-refractivity contribution in [2.45, 2.75) is 149 Å². The summed E-state index contributed by atoms with van der Waals surface area (Å²) in [5, 5.41) is 22.3. The molecule has 1 aromatic heterocycles. The van der Waals surface area contributed by atoms with E-state index < -0.39 is 89.5 Å². The molecule has 0 bridgehead atoms. The van der Waals surface area contributed by atoms with Gasteiger partial charge in [0.05, 0.1) is 11.0 Å². The quantitative estimate of drug-likeness (QED) is 0.0292. The number of thiophene rings is 1. The molecule has 0 spiro atoms. The number of alkyl halides is 2. The number of aliphatic hydroxyl groups is 1. The number of β-amino-alcohol motifs (C(OH)–C–C–N with tert-alkyl or cyclic N) is 1. The van der Waals surface area contributed by atoms with E-state index in [-0.39, 0.29) is 74.1 Å². The topological polar surface area (TPSA) is 267 Å². The number of nitrogens with one attached hydrogen (secondary N) is 4. The van der Waals surface area contributed by atoms with Crippen LogP contribution in [-0.2, 0) is 45.5 Å². The zero-order chi connectivity index (χ0) is 60.8. The maximum absolute atomic E-state index is 14.6. The lowest BCUT2D eigenvalue weighted by Crippen LogP contribution is -2.58. The van der Waals surface area contributed by atoms with Crippen LogP contribution < -0.4 is 26.2 Å². The Morgan fingerprint density at radius 3 is 2.12 bits per heavy atom. The van der Waals surface area contributed by atoms with Crippen LogP contribution >= 0.6 is 34.9 Å². The average molecular weight is 1250 g/mol. The summed E-state index contributed by atoms with van der Waals surface area (Å²) in [6.07, 6.45) is 4.15. The van der Waals surface area contributed by atoms with Gasteiger partial charge in [-0.3, -0.25) is 43.1 Å². The van der Waals surface area contributed by atoms with Crippen LogP contribution in [0.3, 0.4) is 0 Å². The van der Waals surface area contributed by atoms with Crippen molar-refractivity contribution in [2.75, 3.05) is 31.1 Å². The smallest absolute Gasteiger partial charge is 0.391 e. The molecule has 3 aliphatic heterocycles. The number of halogens is 3. The van der Waals surface area contributed by atoms with Crippen molar-refractivity contribution in [2.24, 2.45) is 15.8 Å². The second kappa shape index (κ2) is 26.8. The van der Waals surface area contributed by atoms with Gasteiger partial charge in [0.25, 0.3) is 5.91 Å². The van der Waals surface area contributed by atoms with Crippen molar-refractivity contribution in [1.82, 2.24) is 31.1 Å². The number of benzene rings is 3. The Labute approximate surface area is 494 Å². The first-order valence-electron chi connectivity index (χ1n) is 27.7. The van der Waals surface area contributed by atoms with Gasteiger partial charge in [-0.05, 0) is 108 Å². The van der Waals surface area contributed by atoms with E-state index in [1.807, 2.05) is 58.2 Å². The number of nitrogens with zero attached hydrogens (tertiary/aromatic N) is 4. The first-order valence-corrected chi connectivity index (χ1v) is 31.0. The SMILES string of the molecule is CC1=C(c2ccc(CNC(=O)[C@@H]3C[C@@H](O)CN3C(=O)[C@@H](NC(=O)CCCCCNC(=O)CCN(C(=O)[C@@H]3CCCN3C(=O)[C@@H](NC(=O)c3cc4cc(C(F)(F)P(=O)(O)O)ccc4s3)C(C)(C)C)c3ccc(Br)cc3)C(C)(C)C)cc2)CC=N1. The van der Waals surface area contributed by atoms with Crippen molar-refractivity contribution in [3.05, 3.63) is 105 Å². The van der Waals surface area contributed by atoms with Gasteiger partial charge in [0.1, 0.15) is 24.2 Å². The minimum Gasteiger partial charge on any atom is -0.391 e. The van der Waals surface area contributed by atoms with Crippen molar-refractivity contribution in [1.29, 1.82) is 0 Å². The van der Waals surface area contributed by atoms with Gasteiger partial charge in [-0.2, -0.15) is 8.78 Å². The lowest BCUT2D eigenvalue weighted by molar-refractivity contribution is -0.144. The van der Waals surface area contributed by atoms with Gasteiger partial charge in [0.2, 0.25) is 35.4 Å². The molecule has 83 heavy (non-hydrogen) atoms. The van der Waals surface area contributed by atoms with E-state index in [4.69, 9.17) is 0 Å². The van der Waals surface area contributed by atoms with Crippen LogP contribution in [0.2, 0.25) is 0 Å². The lowest BCUT2D eigenvalue weighted by atomic mass is 9.85. The Morgan fingerprint density at radius 2 is 1.48 bits per heavy atom. The predicted molar refractivity (Wildman–Crippen MR) is 317 cm³/mol. The first-order chi connectivity index (χ1) is 38.9. The fourth-order valence-corrected chi connectivity index (χ4v) is 12.1. The van der Waals surface area contributed by atoms with Crippen LogP contribution in [0, 0.1) is 10.8 Å². The number of fused-ring (bicyclic) bond motifs is 1. The third-order valence-corrected chi connectivity index (χ3v) is 17.7. The standard InChI is InChI=1S/C59H74BrF2N8O11PS/c1-35-43(24-27-63-35)37-16-14-36(15-17-37)33-65-52(74)45-32-42(71)34-70(45)56(78)50(57(2,3)4)66-49(73)13-9-8-10-26-64-48(72)25-29-68(41-21-19-40(60)20-22-41)54(76)44-12-11-28-69(44)55(77)51(58(5,6)7)67-53(75)47-31-38-30-39(18-23-46(38)83-47)59(61,62)82(79,80)81/h14-23,27,30-31,42,44-45,50-51,71H,8-13,24-26,28-29,32-34H2,1-7H3,(H,64,72)(H,65,74)(H,66,73)(H,67,75)(H2,79,80,81)/t42-,44+,45+,50-,51-/m1/s1. The van der Waals surface area contributed by atoms with E-state index in [1.54, 1.807) is 45.0 Å². The van der Waals surface area contributed by atoms with E-state index in [0.717, 1.165) is 56.8 Å². The van der Waals surface area contributed by atoms with Gasteiger partial charge in [0.15, 0.2) is 0 Å². The zero-order valence-electron chi connectivity index (χ0n) is 47.7. The van der Waals surface area contributed by atoms with Crippen LogP contribution in [0.1, 0.15) is 133 Å². The number of rotatable bonds is 22. The summed E-state index contributed by atoms with van der Waals surface area (Å²) in [5.41, 5.74) is -2.44. The van der Waals surface area contributed by atoms with Gasteiger partial charge in [-0.15, -0.1) is 11.3 Å². The summed E-state index contributed by atoms with van der Waals surface area (Å²) in [6, 6.07) is 15.1. The number of aliphatic imine (C=N–C) groups is 1. The third-order valence-electron chi connectivity index (χ3n) is 15.1. The van der Waals surface area contributed by atoms with E-state index in [2.05, 4.69) is 42.2 Å². The Kier molecular flexibility index (Phi) is 20.8. The summed E-state index contributed by atoms with van der Waals surface area (Å²) in [6.45, 7) is 13.3. The molecule has 0 unspecified atom stereocenters. The van der Waals surface area contributed by atoms with Crippen LogP contribution in [0.4, 0.5) is 14.5 Å². The molecule has 0 saturated carbocycles. The van der Waals surface area contributed by atoms with E-state index in [1.165, 1.54) is 26.8 Å². The number of allylic oxidation sites excluding steroid dienone is 2. The zero-order valence-corrected chi connectivity index (χ0v) is 51.0. The number of carbonyl (C=O) groups is 7. The second-order valence-electron chi connectivity index (χ2n) is 23.5. The summed E-state index contributed by atoms with van der Waals surface area (Å²) in [7, 11) is -5.85. The van der Waals surface area contributed by atoms with Crippen LogP contribution in [-0.4, -0.2) is 129 Å². The fraction of sp³-hybridized carbons (Fsp3) is 0.492. The molecule has 448 valence electrons. The van der Waals surface area contributed by atoms with Crippen molar-refractivity contribution in [3.8, 4) is 0 Å². The predicted octanol–water partition coefficient (Wildman–Crippen LogP) is 8.14. The highest BCUT2D eigenvalue weighted by atomic mass is 79.9. The molecule has 19 nitrogen and oxygen atoms in total. The average Bonchev–Trinajstić information content (AvgIpc) is 4.38. The Balaban J connectivity index is 0.889. The molecule has 0 aliphatic carbocycles. The van der Waals surface area contributed by atoms with Gasteiger partial charge in [-0.1, -0.05) is 94.2 Å². The van der Waals surface area contributed by atoms with Gasteiger partial charge < -0.3 is 50.9 Å². The number of hydrogen-bond donors (Lipinski definition) is 7. The highest BCUT2D eigenvalue weighted by molar-refractivity contribution is 9.10. The number of anilines is 1. The summed E-state index contributed by atoms with van der Waals surface area (Å²) in [5.74, 6) is -3.18. The fourth-order valence-electron chi connectivity index (χ4n) is 10.4. The molecule has 0 radical (unpaired) electrons. The number of carbonyl (C=O) groups excluding carboxylic acids is 7. The normalized spacial score (nSPS) is 18.3. The van der Waals surface area contributed by atoms with E-state index in [0.29, 0.717) is 42.5 Å². The Bertz CT molecular complexity index is 3190. The van der Waals surface area contributed by atoms with Gasteiger partial charge in [0, 0.05) is 90.7 Å². The number of unbranched alkanes of at least 4 members (excludes halogenated alkanes) is 2. The molecule has 7 amide bonds. The van der Waals surface area contributed by atoms with Gasteiger partial charge in [-0.25, -0.2) is 0 Å². The molecule has 7 rings (SSSR count). The van der Waals surface area contributed by atoms with Crippen LogP contribution in [0.15, 0.2) is 88.0 Å². The summed E-state index contributed by atoms with van der Waals surface area (Å²) in [4.78, 5) is 125. The first kappa shape index (κ1) is 64.3. The number of hydrogen-bond acceptors (Lipinski definition) is 11. The molecule has 4 aromatic rings. The monoisotopic (exact) mass is 1250 g/mol. The maximum atomic E-state index is 14.6. The largest absolute Gasteiger partial charge is 0.399 e. The minimum atomic E-state index is -5.85. The molecular formula is C59H74BrF2N8O11PS. The summed E-state index contributed by atoms with van der Waals surface area (Å²) < 4.78 is 41.8. The van der Waals surface area contributed by atoms with Crippen molar-refractivity contribution >= 4 is 104 Å². The van der Waals surface area contributed by atoms with E-state index in [9.17, 15) is 61.8 Å². The van der Waals surface area contributed by atoms with Crippen molar-refractivity contribution < 1.29 is 61.8 Å². The van der Waals surface area contributed by atoms with Crippen LogP contribution in [0.5, 0.6) is 0 Å². The molecule has 2 fully saturated rings. The Hall–Kier alpha value is -6.23. The van der Waals surface area contributed by atoms with Crippen LogP contribution in [0.25, 0.3) is 15.7 Å². The molecule has 3 aliphatic rings. The van der Waals surface area contributed by atoms with E-state index >= 15 is 0 Å². The number of likely N-dealkylation sites (tertiary alicyclic amines) is 2. The number of amides is 7. The number of aliphatic hydroxyl groups excluding tert-OH is 1. The molecule has 3 aromatic carbocycles. The molecule has 5 atom stereocenters. The van der Waals surface area contributed by atoms with Crippen molar-refractivity contribution in [3.63, 3.8) is 0 Å². The third kappa shape index (κ3) is 16.0. The maximum Gasteiger partial charge on any atom is 0.399 e. The molecule has 4 heterocycles. The molecule has 2 saturated heterocycles. The molecule has 24 heteroatoms. The Morgan fingerprint density at radius 1 is 0.819 bits per heavy atom. The lowest BCUT2D eigenvalue weighted by Gasteiger charge is -2.36. The second-order valence-corrected chi connectivity index (χ2v) is 27.2. The molecule has 7 N–H and O–H groups in total. The molecular weight excluding hydrogens is 1180 g/mol. The highest BCUT2D eigenvalue weighted by Crippen LogP contribution is 2.59. The minimum absolute atomic E-state index is 0.0304.